The lowest BCUT2D eigenvalue weighted by molar-refractivity contribution is -0.137. The van der Waals surface area contributed by atoms with Gasteiger partial charge in [-0.15, -0.1) is 23.1 Å². The summed E-state index contributed by atoms with van der Waals surface area (Å²) in [5.41, 5.74) is 0.261. The van der Waals surface area contributed by atoms with E-state index in [-0.39, 0.29) is 66.1 Å². The van der Waals surface area contributed by atoms with Crippen LogP contribution in [-0.4, -0.2) is 68.1 Å². The number of anilines is 1. The first-order chi connectivity index (χ1) is 22.4. The Labute approximate surface area is 281 Å². The number of carbonyl (C=O) groups excluding carboxylic acids is 2. The molecule has 14 heteroatoms. The van der Waals surface area contributed by atoms with Gasteiger partial charge in [0.2, 0.25) is 5.91 Å². The summed E-state index contributed by atoms with van der Waals surface area (Å²) in [7, 11) is 0. The fourth-order valence-electron chi connectivity index (χ4n) is 7.10. The smallest absolute Gasteiger partial charge is 0.352 e. The van der Waals surface area contributed by atoms with E-state index in [1.54, 1.807) is 32.2 Å². The molecule has 2 aromatic carbocycles. The van der Waals surface area contributed by atoms with Gasteiger partial charge in [0, 0.05) is 75.7 Å². The van der Waals surface area contributed by atoms with Crippen molar-refractivity contribution in [2.24, 2.45) is 0 Å². The maximum Gasteiger partial charge on any atom is 0.417 e. The average molecular weight is 700 g/mol. The molecule has 0 aliphatic carbocycles. The van der Waals surface area contributed by atoms with Gasteiger partial charge in [-0.3, -0.25) is 14.2 Å². The van der Waals surface area contributed by atoms with Crippen LogP contribution in [0.3, 0.4) is 0 Å². The van der Waals surface area contributed by atoms with Crippen molar-refractivity contribution in [3.63, 3.8) is 0 Å². The molecule has 0 saturated carbocycles. The third-order valence-electron chi connectivity index (χ3n) is 9.07. The van der Waals surface area contributed by atoms with Crippen LogP contribution in [0.2, 0.25) is 5.02 Å². The third-order valence-corrected chi connectivity index (χ3v) is 11.6. The van der Waals surface area contributed by atoms with Gasteiger partial charge in [-0.1, -0.05) is 36.4 Å². The lowest BCUT2D eigenvalue weighted by Gasteiger charge is -2.44. The lowest BCUT2D eigenvalue weighted by Crippen LogP contribution is -2.58. The molecule has 8 nitrogen and oxygen atoms in total. The molecule has 7 rings (SSSR count). The average Bonchev–Trinajstić information content (AvgIpc) is 3.53. The van der Waals surface area contributed by atoms with Crippen molar-refractivity contribution >= 4 is 63.2 Å². The number of alkyl halides is 3. The van der Waals surface area contributed by atoms with Crippen LogP contribution < -0.4 is 10.6 Å². The number of thioether (sulfide) groups is 1. The second-order valence-corrected chi connectivity index (χ2v) is 14.5. The zero-order valence-corrected chi connectivity index (χ0v) is 27.8. The zero-order chi connectivity index (χ0) is 33.4. The van der Waals surface area contributed by atoms with Crippen molar-refractivity contribution in [2.75, 3.05) is 23.7 Å². The maximum atomic E-state index is 15.0. The molecule has 3 atom stereocenters. The summed E-state index contributed by atoms with van der Waals surface area (Å²) in [5.74, 6) is -0.0282. The summed E-state index contributed by atoms with van der Waals surface area (Å²) in [5, 5.41) is 2.08. The van der Waals surface area contributed by atoms with Gasteiger partial charge in [-0.25, -0.2) is 4.79 Å². The molecular formula is C33H29ClF3N5O3S2. The van der Waals surface area contributed by atoms with Gasteiger partial charge < -0.3 is 14.7 Å². The predicted molar refractivity (Wildman–Crippen MR) is 178 cm³/mol. The molecule has 0 radical (unpaired) electrons. The Morgan fingerprint density at radius 2 is 1.83 bits per heavy atom. The van der Waals surface area contributed by atoms with Crippen LogP contribution in [-0.2, 0) is 24.1 Å². The summed E-state index contributed by atoms with van der Waals surface area (Å²) < 4.78 is 46.5. The Bertz CT molecular complexity index is 2020. The first-order valence-corrected chi connectivity index (χ1v) is 17.3. The molecule has 2 aromatic heterocycles. The number of hydrogen-bond donors (Lipinski definition) is 0. The van der Waals surface area contributed by atoms with Gasteiger partial charge >= 0.3 is 11.9 Å². The summed E-state index contributed by atoms with van der Waals surface area (Å²) in [4.78, 5) is 50.4. The van der Waals surface area contributed by atoms with Crippen molar-refractivity contribution in [1.29, 1.82) is 0 Å². The Morgan fingerprint density at radius 1 is 1.11 bits per heavy atom. The number of nitrogens with zero attached hydrogens (tertiary/aromatic N) is 5. The molecule has 0 N–H and O–H groups in total. The van der Waals surface area contributed by atoms with Crippen molar-refractivity contribution in [1.82, 2.24) is 19.4 Å². The number of thiophene rings is 1. The number of halogens is 4. The van der Waals surface area contributed by atoms with E-state index in [0.717, 1.165) is 23.0 Å². The molecule has 4 aromatic rings. The van der Waals surface area contributed by atoms with E-state index in [1.165, 1.54) is 28.5 Å². The monoisotopic (exact) mass is 699 g/mol. The molecule has 244 valence electrons. The SMILES string of the molecule is C=CC(=O)N1[C@H](C)CN(c2nc(=O)n3c4c(c(-c5cc(Cl)cs5)c(C(F)(F)F)cc24)SCC(N2Cc4ccccc4C2=O)C3)C[C@@H]1C. The predicted octanol–water partition coefficient (Wildman–Crippen LogP) is 6.54. The van der Waals surface area contributed by atoms with Gasteiger partial charge in [-0.05, 0) is 43.7 Å². The molecule has 0 bridgehead atoms. The van der Waals surface area contributed by atoms with E-state index in [4.69, 9.17) is 11.6 Å². The summed E-state index contributed by atoms with van der Waals surface area (Å²) in [6.07, 6.45) is -3.51. The fourth-order valence-corrected chi connectivity index (χ4v) is 9.67. The summed E-state index contributed by atoms with van der Waals surface area (Å²) in [6, 6.07) is 8.74. The number of piperazine rings is 1. The van der Waals surface area contributed by atoms with Crippen LogP contribution in [0.15, 0.2) is 64.1 Å². The molecule has 5 heterocycles. The van der Waals surface area contributed by atoms with E-state index in [2.05, 4.69) is 11.6 Å². The van der Waals surface area contributed by atoms with Crippen molar-refractivity contribution < 1.29 is 22.8 Å². The summed E-state index contributed by atoms with van der Waals surface area (Å²) in [6.45, 7) is 8.20. The standard InChI is InChI=1S/C33H29ClF3N5O3S2/c1-4-26(43)42-17(2)11-39(12-18(42)3)30-23-10-24(33(35,36)37)27(25-9-20(34)15-46-25)29-28(23)41(32(45)38-30)14-21(16-47-29)40-13-19-7-5-6-8-22(19)31(40)44/h4-10,15,17-18,21H,1,11-14,16H2,2-3H3/t17-,18+,21?. The van der Waals surface area contributed by atoms with Gasteiger partial charge in [0.05, 0.1) is 22.1 Å². The minimum absolute atomic E-state index is 0.0444. The van der Waals surface area contributed by atoms with E-state index in [1.807, 2.05) is 26.0 Å². The third kappa shape index (κ3) is 5.32. The molecule has 0 spiro atoms. The van der Waals surface area contributed by atoms with Crippen molar-refractivity contribution in [2.45, 2.75) is 56.1 Å². The zero-order valence-electron chi connectivity index (χ0n) is 25.4. The van der Waals surface area contributed by atoms with Crippen molar-refractivity contribution in [3.05, 3.63) is 86.6 Å². The van der Waals surface area contributed by atoms with E-state index < -0.39 is 23.5 Å². The van der Waals surface area contributed by atoms with Gasteiger partial charge in [0.15, 0.2) is 0 Å². The summed E-state index contributed by atoms with van der Waals surface area (Å²) >= 11 is 8.54. The van der Waals surface area contributed by atoms with E-state index in [0.29, 0.717) is 32.4 Å². The Morgan fingerprint density at radius 3 is 2.47 bits per heavy atom. The lowest BCUT2D eigenvalue weighted by atomic mass is 10.0. The minimum Gasteiger partial charge on any atom is -0.352 e. The fraction of sp³-hybridized carbons (Fsp3) is 0.333. The number of benzene rings is 2. The maximum absolute atomic E-state index is 15.0. The molecule has 2 amide bonds. The van der Waals surface area contributed by atoms with Crippen LogP contribution >= 0.6 is 34.7 Å². The number of carbonyl (C=O) groups is 2. The highest BCUT2D eigenvalue weighted by Crippen LogP contribution is 2.50. The first-order valence-electron chi connectivity index (χ1n) is 15.0. The second kappa shape index (κ2) is 11.7. The molecule has 1 saturated heterocycles. The quantitative estimate of drug-likeness (QED) is 0.225. The molecule has 1 unspecified atom stereocenters. The van der Waals surface area contributed by atoms with Gasteiger partial charge in [-0.2, -0.15) is 18.2 Å². The largest absolute Gasteiger partial charge is 0.417 e. The van der Waals surface area contributed by atoms with Gasteiger partial charge in [0.1, 0.15) is 5.82 Å². The van der Waals surface area contributed by atoms with E-state index in [9.17, 15) is 14.4 Å². The van der Waals surface area contributed by atoms with Crippen molar-refractivity contribution in [3.8, 4) is 10.4 Å². The highest BCUT2D eigenvalue weighted by atomic mass is 35.5. The van der Waals surface area contributed by atoms with Crippen LogP contribution in [0.4, 0.5) is 19.0 Å². The Balaban J connectivity index is 1.43. The highest BCUT2D eigenvalue weighted by molar-refractivity contribution is 7.99. The van der Waals surface area contributed by atoms with E-state index >= 15 is 13.2 Å². The molecular weight excluding hydrogens is 671 g/mol. The number of rotatable bonds is 4. The topological polar surface area (TPSA) is 78.8 Å². The highest BCUT2D eigenvalue weighted by Gasteiger charge is 2.41. The van der Waals surface area contributed by atoms with Crippen LogP contribution in [0.1, 0.15) is 35.3 Å². The van der Waals surface area contributed by atoms with Gasteiger partial charge in [0.25, 0.3) is 5.91 Å². The van der Waals surface area contributed by atoms with Crippen LogP contribution in [0.25, 0.3) is 21.3 Å². The Hall–Kier alpha value is -3.81. The first kappa shape index (κ1) is 31.8. The van der Waals surface area contributed by atoms with Crippen LogP contribution in [0.5, 0.6) is 0 Å². The molecule has 47 heavy (non-hydrogen) atoms. The van der Waals surface area contributed by atoms with Crippen LogP contribution in [0, 0.1) is 0 Å². The number of amides is 2. The normalized spacial score (nSPS) is 21.3. The molecule has 3 aliphatic rings. The number of fused-ring (bicyclic) bond motifs is 1. The minimum atomic E-state index is -4.75. The molecule has 3 aliphatic heterocycles. The molecule has 1 fully saturated rings. The Kier molecular flexibility index (Phi) is 7.91. The number of hydrogen-bond acceptors (Lipinski definition) is 7. The number of aromatic nitrogens is 2. The second-order valence-electron chi connectivity index (χ2n) is 12.1.